The van der Waals surface area contributed by atoms with Crippen molar-refractivity contribution in [3.8, 4) is 0 Å². The molecule has 0 aliphatic heterocycles. The number of aryl methyl sites for hydroxylation is 1. The van der Waals surface area contributed by atoms with E-state index in [0.717, 1.165) is 16.6 Å². The minimum absolute atomic E-state index is 0.110. The highest BCUT2D eigenvalue weighted by atomic mass is 16.1. The summed E-state index contributed by atoms with van der Waals surface area (Å²) < 4.78 is 1.93. The lowest BCUT2D eigenvalue weighted by atomic mass is 10.2. The maximum atomic E-state index is 11.2. The molecule has 2 rings (SSSR count). The van der Waals surface area contributed by atoms with Crippen LogP contribution in [0.3, 0.4) is 0 Å². The van der Waals surface area contributed by atoms with Gasteiger partial charge in [-0.2, -0.15) is 0 Å². The molecule has 0 aliphatic rings. The second-order valence-corrected chi connectivity index (χ2v) is 3.20. The van der Waals surface area contributed by atoms with Crippen LogP contribution in [0.2, 0.25) is 0 Å². The van der Waals surface area contributed by atoms with Crippen LogP contribution in [0.1, 0.15) is 17.4 Å². The van der Waals surface area contributed by atoms with Crippen LogP contribution in [-0.4, -0.2) is 10.4 Å². The van der Waals surface area contributed by atoms with Crippen LogP contribution in [0.5, 0.6) is 0 Å². The molecule has 0 aliphatic carbocycles. The number of hydrogen-bond acceptors (Lipinski definition) is 1. The van der Waals surface area contributed by atoms with Crippen LogP contribution >= 0.6 is 0 Å². The molecule has 0 unspecified atom stereocenters. The molecule has 0 amide bonds. The predicted octanol–water partition coefficient (Wildman–Crippen LogP) is 2.38. The van der Waals surface area contributed by atoms with E-state index in [1.165, 1.54) is 0 Å². The fourth-order valence-electron chi connectivity index (χ4n) is 1.63. The highest BCUT2D eigenvalue weighted by Gasteiger charge is 2.07. The Morgan fingerprint density at radius 1 is 1.31 bits per heavy atom. The van der Waals surface area contributed by atoms with Crippen molar-refractivity contribution >= 4 is 16.7 Å². The first-order chi connectivity index (χ1) is 6.20. The van der Waals surface area contributed by atoms with Gasteiger partial charge < -0.3 is 4.57 Å². The van der Waals surface area contributed by atoms with Gasteiger partial charge >= 0.3 is 0 Å². The van der Waals surface area contributed by atoms with Crippen LogP contribution < -0.4 is 0 Å². The molecule has 0 saturated heterocycles. The van der Waals surface area contributed by atoms with E-state index in [1.807, 2.05) is 41.9 Å². The number of nitrogens with zero attached hydrogens (tertiary/aromatic N) is 1. The summed E-state index contributed by atoms with van der Waals surface area (Å²) in [7, 11) is 1.92. The maximum absolute atomic E-state index is 11.2. The van der Waals surface area contributed by atoms with E-state index < -0.39 is 0 Å². The summed E-state index contributed by atoms with van der Waals surface area (Å²) in [5.41, 5.74) is 1.87. The Kier molecular flexibility index (Phi) is 1.69. The highest BCUT2D eigenvalue weighted by molar-refractivity contribution is 5.98. The molecule has 0 saturated carbocycles. The molecule has 0 bridgehead atoms. The third-order valence-electron chi connectivity index (χ3n) is 2.31. The smallest absolute Gasteiger partial charge is 0.176 e. The van der Waals surface area contributed by atoms with Crippen LogP contribution in [0, 0.1) is 0 Å². The summed E-state index contributed by atoms with van der Waals surface area (Å²) in [6.07, 6.45) is 0. The van der Waals surface area contributed by atoms with Crippen molar-refractivity contribution in [1.82, 2.24) is 4.57 Å². The molecule has 2 heteroatoms. The van der Waals surface area contributed by atoms with Crippen LogP contribution in [0.15, 0.2) is 30.3 Å². The summed E-state index contributed by atoms with van der Waals surface area (Å²) in [4.78, 5) is 11.2. The van der Waals surface area contributed by atoms with Gasteiger partial charge in [0.05, 0.1) is 5.69 Å². The van der Waals surface area contributed by atoms with Gasteiger partial charge in [-0.05, 0) is 12.1 Å². The standard InChI is InChI=1S/C11H11NO/c1-8(13)11-7-9-5-3-4-6-10(9)12(11)2/h3-7H,1-2H3. The maximum Gasteiger partial charge on any atom is 0.176 e. The number of benzene rings is 1. The molecule has 0 fully saturated rings. The number of para-hydroxylation sites is 1. The van der Waals surface area contributed by atoms with Crippen molar-refractivity contribution in [2.24, 2.45) is 7.05 Å². The Morgan fingerprint density at radius 3 is 2.62 bits per heavy atom. The largest absolute Gasteiger partial charge is 0.341 e. The second kappa shape index (κ2) is 2.73. The summed E-state index contributed by atoms with van der Waals surface area (Å²) >= 11 is 0. The summed E-state index contributed by atoms with van der Waals surface area (Å²) in [6.45, 7) is 1.59. The van der Waals surface area contributed by atoms with Gasteiger partial charge in [-0.25, -0.2) is 0 Å². The highest BCUT2D eigenvalue weighted by Crippen LogP contribution is 2.18. The topological polar surface area (TPSA) is 22.0 Å². The summed E-state index contributed by atoms with van der Waals surface area (Å²) in [5.74, 6) is 0.110. The molecular formula is C11H11NO. The van der Waals surface area contributed by atoms with Crippen molar-refractivity contribution in [2.45, 2.75) is 6.92 Å². The third kappa shape index (κ3) is 1.15. The zero-order chi connectivity index (χ0) is 9.42. The van der Waals surface area contributed by atoms with E-state index in [2.05, 4.69) is 0 Å². The lowest BCUT2D eigenvalue weighted by Gasteiger charge is -1.98. The Bertz CT molecular complexity index is 468. The molecule has 0 N–H and O–H groups in total. The quantitative estimate of drug-likeness (QED) is 0.607. The normalized spacial score (nSPS) is 10.6. The molecule has 66 valence electrons. The third-order valence-corrected chi connectivity index (χ3v) is 2.31. The van der Waals surface area contributed by atoms with Crippen LogP contribution in [-0.2, 0) is 7.05 Å². The molecule has 1 heterocycles. The number of fused-ring (bicyclic) bond motifs is 1. The fourth-order valence-corrected chi connectivity index (χ4v) is 1.63. The average Bonchev–Trinajstić information content (AvgIpc) is 2.45. The van der Waals surface area contributed by atoms with Gasteiger partial charge in [-0.15, -0.1) is 0 Å². The Labute approximate surface area is 76.8 Å². The predicted molar refractivity (Wildman–Crippen MR) is 52.9 cm³/mol. The van der Waals surface area contributed by atoms with Gasteiger partial charge in [0, 0.05) is 24.9 Å². The van der Waals surface area contributed by atoms with Gasteiger partial charge in [-0.3, -0.25) is 4.79 Å². The van der Waals surface area contributed by atoms with Gasteiger partial charge in [0.2, 0.25) is 0 Å². The lowest BCUT2D eigenvalue weighted by molar-refractivity contribution is 0.101. The summed E-state index contributed by atoms with van der Waals surface area (Å²) in [6, 6.07) is 9.92. The van der Waals surface area contributed by atoms with Crippen molar-refractivity contribution in [1.29, 1.82) is 0 Å². The van der Waals surface area contributed by atoms with Crippen molar-refractivity contribution in [3.05, 3.63) is 36.0 Å². The lowest BCUT2D eigenvalue weighted by Crippen LogP contribution is -2.00. The van der Waals surface area contributed by atoms with Crippen LogP contribution in [0.25, 0.3) is 10.9 Å². The summed E-state index contributed by atoms with van der Waals surface area (Å²) in [5, 5.41) is 1.12. The zero-order valence-corrected chi connectivity index (χ0v) is 7.74. The SMILES string of the molecule is CC(=O)c1cc2ccccc2n1C. The van der Waals surface area contributed by atoms with Gasteiger partial charge in [0.1, 0.15) is 0 Å². The zero-order valence-electron chi connectivity index (χ0n) is 7.74. The Balaban J connectivity index is 2.81. The Hall–Kier alpha value is -1.57. The fraction of sp³-hybridized carbons (Fsp3) is 0.182. The first-order valence-electron chi connectivity index (χ1n) is 4.25. The van der Waals surface area contributed by atoms with Crippen molar-refractivity contribution in [2.75, 3.05) is 0 Å². The van der Waals surface area contributed by atoms with Crippen LogP contribution in [0.4, 0.5) is 0 Å². The number of carbonyl (C=O) groups excluding carboxylic acids is 1. The Morgan fingerprint density at radius 2 is 2.00 bits per heavy atom. The number of carbonyl (C=O) groups is 1. The van der Waals surface area contributed by atoms with Crippen molar-refractivity contribution < 1.29 is 4.79 Å². The van der Waals surface area contributed by atoms with E-state index in [-0.39, 0.29) is 5.78 Å². The molecule has 2 nitrogen and oxygen atoms in total. The number of rotatable bonds is 1. The molecular weight excluding hydrogens is 162 g/mol. The number of hydrogen-bond donors (Lipinski definition) is 0. The average molecular weight is 173 g/mol. The van der Waals surface area contributed by atoms with E-state index in [4.69, 9.17) is 0 Å². The van der Waals surface area contributed by atoms with E-state index in [0.29, 0.717) is 0 Å². The van der Waals surface area contributed by atoms with Gasteiger partial charge in [0.15, 0.2) is 5.78 Å². The van der Waals surface area contributed by atoms with E-state index in [9.17, 15) is 4.79 Å². The number of Topliss-reactive ketones (excluding diaryl/α,β-unsaturated/α-hetero) is 1. The first-order valence-corrected chi connectivity index (χ1v) is 4.25. The molecule has 0 spiro atoms. The molecule has 13 heavy (non-hydrogen) atoms. The van der Waals surface area contributed by atoms with Gasteiger partial charge in [-0.1, -0.05) is 18.2 Å². The minimum atomic E-state index is 0.110. The minimum Gasteiger partial charge on any atom is -0.341 e. The second-order valence-electron chi connectivity index (χ2n) is 3.20. The number of ketones is 1. The molecule has 1 aromatic heterocycles. The molecule has 2 aromatic rings. The molecule has 1 aromatic carbocycles. The van der Waals surface area contributed by atoms with Gasteiger partial charge in [0.25, 0.3) is 0 Å². The monoisotopic (exact) mass is 173 g/mol. The van der Waals surface area contributed by atoms with Crippen molar-refractivity contribution in [3.63, 3.8) is 0 Å². The molecule has 0 atom stereocenters. The van der Waals surface area contributed by atoms with E-state index in [1.54, 1.807) is 6.92 Å². The first kappa shape index (κ1) is 8.05. The molecule has 0 radical (unpaired) electrons. The number of aromatic nitrogens is 1. The van der Waals surface area contributed by atoms with E-state index >= 15 is 0 Å².